The van der Waals surface area contributed by atoms with Crippen LogP contribution in [-0.2, 0) is 9.47 Å². The van der Waals surface area contributed by atoms with E-state index in [-0.39, 0.29) is 18.0 Å². The molecule has 0 bridgehead atoms. The largest absolute Gasteiger partial charge is 0.514 e. The second-order valence-electron chi connectivity index (χ2n) is 8.35. The second kappa shape index (κ2) is 8.25. The summed E-state index contributed by atoms with van der Waals surface area (Å²) < 4.78 is 12.2. The maximum Gasteiger partial charge on any atom is 0.514 e. The van der Waals surface area contributed by atoms with Gasteiger partial charge in [0.25, 0.3) is 0 Å². The van der Waals surface area contributed by atoms with Crippen LogP contribution in [0.2, 0.25) is 0 Å². The topological polar surface area (TPSA) is 57.0 Å². The number of halogens is 1. The Morgan fingerprint density at radius 3 is 2.15 bits per heavy atom. The summed E-state index contributed by atoms with van der Waals surface area (Å²) in [6, 6.07) is 7.43. The van der Waals surface area contributed by atoms with Crippen molar-refractivity contribution in [1.82, 2.24) is 0 Å². The summed E-state index contributed by atoms with van der Waals surface area (Å²) >= 11 is 2.15. The number of likely N-dealkylation sites (tertiary alicyclic amines) is 1. The fourth-order valence-electron chi connectivity index (χ4n) is 3.22. The molecule has 1 aromatic carbocycles. The third kappa shape index (κ3) is 5.67. The van der Waals surface area contributed by atoms with Crippen LogP contribution in [0.1, 0.15) is 57.8 Å². The number of ether oxygens (including phenoxy) is 2. The van der Waals surface area contributed by atoms with Crippen LogP contribution in [-0.4, -0.2) is 36.4 Å². The first-order valence-electron chi connectivity index (χ1n) is 9.05. The number of alkyl carbamates (subject to hydrolysis) is 2. The monoisotopic (exact) mass is 474 g/mol. The molecule has 1 saturated heterocycles. The molecule has 0 aliphatic carbocycles. The summed E-state index contributed by atoms with van der Waals surface area (Å²) in [7, 11) is 0. The van der Waals surface area contributed by atoms with Crippen LogP contribution >= 0.6 is 22.6 Å². The Balaban J connectivity index is 1.94. The lowest BCUT2D eigenvalue weighted by molar-refractivity contribution is -0.832. The van der Waals surface area contributed by atoms with E-state index in [0.29, 0.717) is 18.7 Å². The molecule has 2 rings (SSSR count). The minimum Gasteiger partial charge on any atom is -0.456 e. The predicted molar refractivity (Wildman–Crippen MR) is 108 cm³/mol. The summed E-state index contributed by atoms with van der Waals surface area (Å²) in [5.74, 6) is -0.0686. The molecule has 0 radical (unpaired) electrons. The Morgan fingerprint density at radius 1 is 1.04 bits per heavy atom. The highest BCUT2D eigenvalue weighted by atomic mass is 127. The Hall–Kier alpha value is -1.15. The fourth-order valence-corrected chi connectivity index (χ4v) is 3.83. The summed E-state index contributed by atoms with van der Waals surface area (Å²) in [6.07, 6.45) is 1.45. The van der Waals surface area contributed by atoms with Gasteiger partial charge < -0.3 is 9.47 Å². The van der Waals surface area contributed by atoms with E-state index in [9.17, 15) is 9.59 Å². The number of esters is 1. The Labute approximate surface area is 169 Å². The van der Waals surface area contributed by atoms with Gasteiger partial charge in [0, 0.05) is 22.3 Å². The second-order valence-corrected chi connectivity index (χ2v) is 9.51. The zero-order valence-corrected chi connectivity index (χ0v) is 18.4. The molecule has 1 amide bonds. The molecule has 1 heterocycles. The molecule has 1 aromatic rings. The van der Waals surface area contributed by atoms with Gasteiger partial charge in [-0.1, -0.05) is 12.1 Å². The summed E-state index contributed by atoms with van der Waals surface area (Å²) in [5.41, 5.74) is -0.448. The van der Waals surface area contributed by atoms with E-state index in [1.165, 1.54) is 0 Å². The van der Waals surface area contributed by atoms with Crippen LogP contribution in [0.4, 0.5) is 4.79 Å². The quantitative estimate of drug-likeness (QED) is 0.539. The normalized spacial score (nSPS) is 21.2. The highest BCUT2D eigenvalue weighted by molar-refractivity contribution is 14.1. The third-order valence-corrected chi connectivity index (χ3v) is 5.65. The van der Waals surface area contributed by atoms with E-state index in [0.717, 1.165) is 21.3 Å². The lowest BCUT2D eigenvalue weighted by Crippen LogP contribution is -3.16. The first-order valence-corrected chi connectivity index (χ1v) is 10.1. The molecule has 1 aliphatic rings. The van der Waals surface area contributed by atoms with Crippen LogP contribution in [0.15, 0.2) is 24.3 Å². The van der Waals surface area contributed by atoms with E-state index in [4.69, 9.17) is 9.47 Å². The molecule has 0 unspecified atom stereocenters. The van der Waals surface area contributed by atoms with Crippen LogP contribution in [0.3, 0.4) is 0 Å². The standard InChI is InChI=1S/C20H28INO4/c1-19(2,3)26-18(24)22-12-10-14(11-13-22)20(4,5)25-17(23)15-8-6-7-9-16(15)21/h6-9,14H,10-13H2,1-5H3/p+1. The zero-order valence-electron chi connectivity index (χ0n) is 16.2. The summed E-state index contributed by atoms with van der Waals surface area (Å²) in [4.78, 5) is 25.6. The molecule has 144 valence electrons. The van der Waals surface area contributed by atoms with Crippen LogP contribution < -0.4 is 4.90 Å². The van der Waals surface area contributed by atoms with Crippen molar-refractivity contribution in [1.29, 1.82) is 0 Å². The zero-order chi connectivity index (χ0) is 19.5. The lowest BCUT2D eigenvalue weighted by Gasteiger charge is -2.37. The minimum absolute atomic E-state index is 0.190. The predicted octanol–water partition coefficient (Wildman–Crippen LogP) is 3.46. The van der Waals surface area contributed by atoms with Crippen molar-refractivity contribution < 1.29 is 24.0 Å². The molecule has 26 heavy (non-hydrogen) atoms. The molecule has 0 aromatic heterocycles. The fraction of sp³-hybridized carbons (Fsp3) is 0.600. The molecule has 0 saturated carbocycles. The van der Waals surface area contributed by atoms with E-state index in [1.807, 2.05) is 52.8 Å². The van der Waals surface area contributed by atoms with Crippen molar-refractivity contribution in [2.45, 2.75) is 58.7 Å². The van der Waals surface area contributed by atoms with Gasteiger partial charge in [0.2, 0.25) is 0 Å². The SMILES string of the molecule is CC(C)(C)OC(=O)[NH+]1CCC(C(C)(C)OC(=O)c2ccccc2I)CC1. The lowest BCUT2D eigenvalue weighted by atomic mass is 9.83. The molecule has 5 nitrogen and oxygen atoms in total. The van der Waals surface area contributed by atoms with Crippen molar-refractivity contribution in [3.8, 4) is 0 Å². The average molecular weight is 474 g/mol. The number of nitrogens with one attached hydrogen (secondary N) is 1. The van der Waals surface area contributed by atoms with Gasteiger partial charge >= 0.3 is 12.1 Å². The van der Waals surface area contributed by atoms with Gasteiger partial charge in [0.05, 0.1) is 18.7 Å². The first kappa shape index (κ1) is 21.2. The summed E-state index contributed by atoms with van der Waals surface area (Å²) in [6.45, 7) is 11.0. The van der Waals surface area contributed by atoms with Gasteiger partial charge in [-0.15, -0.1) is 0 Å². The molecule has 0 spiro atoms. The third-order valence-electron chi connectivity index (χ3n) is 4.71. The Morgan fingerprint density at radius 2 is 1.62 bits per heavy atom. The van der Waals surface area contributed by atoms with E-state index >= 15 is 0 Å². The van der Waals surface area contributed by atoms with Gasteiger partial charge in [0.1, 0.15) is 11.2 Å². The Bertz CT molecular complexity index is 658. The average Bonchev–Trinajstić information content (AvgIpc) is 2.53. The van der Waals surface area contributed by atoms with Crippen LogP contribution in [0.25, 0.3) is 0 Å². The maximum absolute atomic E-state index is 12.5. The van der Waals surface area contributed by atoms with Gasteiger partial charge in [-0.3, -0.25) is 0 Å². The molecule has 1 N–H and O–H groups in total. The number of benzene rings is 1. The molecule has 0 atom stereocenters. The van der Waals surface area contributed by atoms with E-state index in [1.54, 1.807) is 6.07 Å². The molecule has 1 aliphatic heterocycles. The minimum atomic E-state index is -0.574. The number of carbonyl (C=O) groups is 2. The van der Waals surface area contributed by atoms with Crippen LogP contribution in [0.5, 0.6) is 0 Å². The highest BCUT2D eigenvalue weighted by Gasteiger charge is 2.40. The molecular formula is C20H29INO4+. The first-order chi connectivity index (χ1) is 12.0. The molecule has 1 fully saturated rings. The van der Waals surface area contributed by atoms with Crippen molar-refractivity contribution in [3.05, 3.63) is 33.4 Å². The van der Waals surface area contributed by atoms with Crippen molar-refractivity contribution in [2.75, 3.05) is 13.1 Å². The van der Waals surface area contributed by atoms with Gasteiger partial charge in [-0.05, 0) is 69.3 Å². The summed E-state index contributed by atoms with van der Waals surface area (Å²) in [5, 5.41) is 0. The molecule has 6 heteroatoms. The number of quaternary nitrogens is 1. The number of hydrogen-bond acceptors (Lipinski definition) is 4. The number of hydrogen-bond donors (Lipinski definition) is 1. The van der Waals surface area contributed by atoms with Gasteiger partial charge in [0.15, 0.2) is 0 Å². The number of piperidine rings is 1. The van der Waals surface area contributed by atoms with Gasteiger partial charge in [-0.2, -0.15) is 4.79 Å². The van der Waals surface area contributed by atoms with Crippen molar-refractivity contribution in [3.63, 3.8) is 0 Å². The highest BCUT2D eigenvalue weighted by Crippen LogP contribution is 2.29. The number of amides is 1. The Kier molecular flexibility index (Phi) is 6.71. The van der Waals surface area contributed by atoms with E-state index < -0.39 is 11.2 Å². The smallest absolute Gasteiger partial charge is 0.456 e. The number of rotatable bonds is 3. The molecular weight excluding hydrogens is 445 g/mol. The van der Waals surface area contributed by atoms with Crippen molar-refractivity contribution >= 4 is 34.7 Å². The van der Waals surface area contributed by atoms with Crippen LogP contribution in [0, 0.1) is 9.49 Å². The van der Waals surface area contributed by atoms with E-state index in [2.05, 4.69) is 22.6 Å². The number of carbonyl (C=O) groups excluding carboxylic acids is 2. The van der Waals surface area contributed by atoms with Crippen molar-refractivity contribution in [2.24, 2.45) is 5.92 Å². The maximum atomic E-state index is 12.5. The van der Waals surface area contributed by atoms with Gasteiger partial charge in [-0.25, -0.2) is 9.69 Å².